The summed E-state index contributed by atoms with van der Waals surface area (Å²) in [6.07, 6.45) is 0. The summed E-state index contributed by atoms with van der Waals surface area (Å²) in [5.41, 5.74) is 1.32. The third kappa shape index (κ3) is 5.14. The summed E-state index contributed by atoms with van der Waals surface area (Å²) >= 11 is 4.24. The minimum atomic E-state index is 1.32. The van der Waals surface area contributed by atoms with Crippen LogP contribution in [0.4, 0.5) is 0 Å². The van der Waals surface area contributed by atoms with Crippen molar-refractivity contribution < 1.29 is 0 Å². The van der Waals surface area contributed by atoms with Gasteiger partial charge in [0.1, 0.15) is 0 Å². The maximum atomic E-state index is 2.12. The number of hydrogen-bond donors (Lipinski definition) is 0. The van der Waals surface area contributed by atoms with Crippen LogP contribution in [-0.4, -0.2) is 0 Å². The maximum absolute atomic E-state index is 2.12. The Morgan fingerprint density at radius 1 is 1.00 bits per heavy atom. The second kappa shape index (κ2) is 6.80. The number of hydrogen-bond acceptors (Lipinski definition) is 0. The molecule has 0 nitrogen and oxygen atoms in total. The Morgan fingerprint density at radius 3 is 1.67 bits per heavy atom. The summed E-state index contributed by atoms with van der Waals surface area (Å²) in [5.74, 6) is 0. The molecule has 1 rings (SSSR count). The molecule has 1 aromatic rings. The smallest absolute Gasteiger partial charge is 0 e. The van der Waals surface area contributed by atoms with Crippen LogP contribution in [0.15, 0.2) is 30.3 Å². The zero-order valence-electron chi connectivity index (χ0n) is 5.14. The normalized spacial score (nSPS) is 7.44. The third-order valence-electron chi connectivity index (χ3n) is 0.940. The fourth-order valence-electron chi connectivity index (χ4n) is 0.534. The van der Waals surface area contributed by atoms with Crippen LogP contribution in [0.1, 0.15) is 5.56 Å². The van der Waals surface area contributed by atoms with Gasteiger partial charge in [-0.3, -0.25) is 0 Å². The molecule has 0 fully saturated rings. The van der Waals surface area contributed by atoms with Gasteiger partial charge in [0.05, 0.1) is 0 Å². The van der Waals surface area contributed by atoms with E-state index in [2.05, 4.69) is 56.3 Å². The lowest BCUT2D eigenvalue weighted by Crippen LogP contribution is -1.62. The average molecular weight is 346 g/mol. The van der Waals surface area contributed by atoms with Gasteiger partial charge >= 0.3 is 0 Å². The molecular formula is C7H8I2. The summed E-state index contributed by atoms with van der Waals surface area (Å²) in [4.78, 5) is 0. The minimum absolute atomic E-state index is 1.32. The highest BCUT2D eigenvalue weighted by Gasteiger charge is 1.72. The molecule has 50 valence electrons. The molecule has 0 aliphatic rings. The molecule has 0 N–H and O–H groups in total. The van der Waals surface area contributed by atoms with E-state index in [1.54, 1.807) is 0 Å². The molecule has 0 heterocycles. The van der Waals surface area contributed by atoms with Crippen molar-refractivity contribution in [2.24, 2.45) is 0 Å². The summed E-state index contributed by atoms with van der Waals surface area (Å²) in [6, 6.07) is 10.3. The van der Waals surface area contributed by atoms with Gasteiger partial charge in [-0.25, -0.2) is 0 Å². The lowest BCUT2D eigenvalue weighted by Gasteiger charge is -1.82. The molecule has 0 amide bonds. The summed E-state index contributed by atoms with van der Waals surface area (Å²) in [7, 11) is 0. The Bertz CT molecular complexity index is 137. The first-order valence-electron chi connectivity index (χ1n) is 2.55. The molecule has 0 aromatic heterocycles. The second-order valence-electron chi connectivity index (χ2n) is 1.65. The third-order valence-corrected chi connectivity index (χ3v) is 0.940. The summed E-state index contributed by atoms with van der Waals surface area (Å²) in [6.45, 7) is 2.08. The largest absolute Gasteiger partial charge is 0.0622 e. The van der Waals surface area contributed by atoms with Gasteiger partial charge in [0, 0.05) is 37.2 Å². The number of halogens is 2. The van der Waals surface area contributed by atoms with Crippen LogP contribution in [0.2, 0.25) is 0 Å². The zero-order valence-corrected chi connectivity index (χ0v) is 9.46. The Labute approximate surface area is 79.4 Å². The molecule has 9 heavy (non-hydrogen) atoms. The molecular weight excluding hydrogens is 338 g/mol. The summed E-state index contributed by atoms with van der Waals surface area (Å²) < 4.78 is 0. The van der Waals surface area contributed by atoms with Crippen LogP contribution in [-0.2, 0) is 0 Å². The molecule has 0 unspecified atom stereocenters. The molecule has 0 atom stereocenters. The van der Waals surface area contributed by atoms with E-state index in [9.17, 15) is 0 Å². The van der Waals surface area contributed by atoms with E-state index in [4.69, 9.17) is 0 Å². The van der Waals surface area contributed by atoms with Crippen molar-refractivity contribution in [2.75, 3.05) is 0 Å². The lowest BCUT2D eigenvalue weighted by atomic mass is 10.2. The quantitative estimate of drug-likeness (QED) is 0.628. The SMILES string of the molecule is Cc1ccccc1.II. The number of benzene rings is 1. The minimum Gasteiger partial charge on any atom is -0.0622 e. The van der Waals surface area contributed by atoms with E-state index in [0.29, 0.717) is 0 Å². The Hall–Kier alpha value is 0.680. The Morgan fingerprint density at radius 2 is 1.44 bits per heavy atom. The molecule has 0 radical (unpaired) electrons. The number of rotatable bonds is 0. The van der Waals surface area contributed by atoms with Crippen molar-refractivity contribution in [3.63, 3.8) is 0 Å². The fraction of sp³-hybridized carbons (Fsp3) is 0.143. The van der Waals surface area contributed by atoms with Crippen LogP contribution < -0.4 is 0 Å². The van der Waals surface area contributed by atoms with Gasteiger partial charge in [0.2, 0.25) is 0 Å². The molecule has 0 aliphatic heterocycles. The lowest BCUT2D eigenvalue weighted by molar-refractivity contribution is 1.48. The van der Waals surface area contributed by atoms with Gasteiger partial charge in [-0.05, 0) is 6.92 Å². The molecule has 2 heteroatoms. The van der Waals surface area contributed by atoms with Crippen molar-refractivity contribution in [2.45, 2.75) is 6.92 Å². The van der Waals surface area contributed by atoms with E-state index >= 15 is 0 Å². The fourth-order valence-corrected chi connectivity index (χ4v) is 0.534. The molecule has 0 aliphatic carbocycles. The predicted octanol–water partition coefficient (Wildman–Crippen LogP) is 3.77. The second-order valence-corrected chi connectivity index (χ2v) is 1.65. The van der Waals surface area contributed by atoms with Gasteiger partial charge in [0.15, 0.2) is 0 Å². The van der Waals surface area contributed by atoms with E-state index in [1.165, 1.54) is 5.56 Å². The maximum Gasteiger partial charge on any atom is 0 e. The van der Waals surface area contributed by atoms with Crippen molar-refractivity contribution in [1.82, 2.24) is 0 Å². The highest BCUT2D eigenvalue weighted by molar-refractivity contribution is 15.0. The number of aryl methyl sites for hydroxylation is 1. The van der Waals surface area contributed by atoms with E-state index < -0.39 is 0 Å². The van der Waals surface area contributed by atoms with Crippen LogP contribution >= 0.6 is 37.2 Å². The zero-order chi connectivity index (χ0) is 7.11. The van der Waals surface area contributed by atoms with Crippen LogP contribution in [0, 0.1) is 6.92 Å². The van der Waals surface area contributed by atoms with Crippen molar-refractivity contribution in [3.05, 3.63) is 35.9 Å². The van der Waals surface area contributed by atoms with Gasteiger partial charge in [-0.2, -0.15) is 0 Å². The first-order valence-corrected chi connectivity index (χ1v) is 8.84. The Kier molecular flexibility index (Phi) is 7.31. The highest BCUT2D eigenvalue weighted by atomic mass is 128. The molecule has 0 saturated heterocycles. The monoisotopic (exact) mass is 346 g/mol. The molecule has 0 saturated carbocycles. The molecule has 1 aromatic carbocycles. The van der Waals surface area contributed by atoms with Crippen LogP contribution in [0.25, 0.3) is 0 Å². The van der Waals surface area contributed by atoms with E-state index in [-0.39, 0.29) is 0 Å². The first-order chi connectivity index (χ1) is 4.39. The van der Waals surface area contributed by atoms with Gasteiger partial charge in [0.25, 0.3) is 0 Å². The highest BCUT2D eigenvalue weighted by Crippen LogP contribution is 1.92. The Balaban J connectivity index is 0.000000291. The van der Waals surface area contributed by atoms with Crippen LogP contribution in [0.5, 0.6) is 0 Å². The van der Waals surface area contributed by atoms with Crippen molar-refractivity contribution in [1.29, 1.82) is 0 Å². The molecule has 0 bridgehead atoms. The topological polar surface area (TPSA) is 0 Å². The van der Waals surface area contributed by atoms with E-state index in [0.717, 1.165) is 0 Å². The van der Waals surface area contributed by atoms with Gasteiger partial charge < -0.3 is 0 Å². The van der Waals surface area contributed by atoms with E-state index in [1.807, 2.05) is 18.2 Å². The standard InChI is InChI=1S/C7H8.I2/c1-7-5-3-2-4-6-7;1-2/h2-6H,1H3;. The van der Waals surface area contributed by atoms with Gasteiger partial charge in [-0.15, -0.1) is 0 Å². The predicted molar refractivity (Wildman–Crippen MR) is 59.2 cm³/mol. The first kappa shape index (κ1) is 9.68. The van der Waals surface area contributed by atoms with Crippen LogP contribution in [0.3, 0.4) is 0 Å². The average Bonchev–Trinajstić information content (AvgIpc) is 1.94. The molecule has 0 spiro atoms. The van der Waals surface area contributed by atoms with Crippen molar-refractivity contribution in [3.8, 4) is 0 Å². The van der Waals surface area contributed by atoms with Crippen molar-refractivity contribution >= 4 is 37.2 Å². The van der Waals surface area contributed by atoms with Gasteiger partial charge in [-0.1, -0.05) is 35.9 Å². The summed E-state index contributed by atoms with van der Waals surface area (Å²) in [5, 5.41) is 0.